The molecule has 1 aromatic rings. The highest BCUT2D eigenvalue weighted by Crippen LogP contribution is 2.28. The highest BCUT2D eigenvalue weighted by atomic mass is 35.5. The second-order valence-electron chi connectivity index (χ2n) is 4.31. The van der Waals surface area contributed by atoms with Crippen LogP contribution in [0.3, 0.4) is 0 Å². The molecule has 6 heteroatoms. The topological polar surface area (TPSA) is 75.6 Å². The summed E-state index contributed by atoms with van der Waals surface area (Å²) in [7, 11) is 0. The van der Waals surface area contributed by atoms with Gasteiger partial charge in [-0.15, -0.1) is 0 Å². The van der Waals surface area contributed by atoms with Crippen LogP contribution in [0.25, 0.3) is 0 Å². The Balaban J connectivity index is 2.25. The third-order valence-corrected chi connectivity index (χ3v) is 3.26. The van der Waals surface area contributed by atoms with Crippen LogP contribution in [0.15, 0.2) is 18.2 Å². The molecule has 1 amide bonds. The van der Waals surface area contributed by atoms with Crippen LogP contribution in [-0.2, 0) is 4.79 Å². The molecule has 0 aliphatic carbocycles. The van der Waals surface area contributed by atoms with Crippen LogP contribution in [-0.4, -0.2) is 29.6 Å². The molecule has 1 aliphatic rings. The fraction of sp³-hybridized carbons (Fsp3) is 0.385. The highest BCUT2D eigenvalue weighted by molar-refractivity contribution is 6.33. The first-order valence-electron chi connectivity index (χ1n) is 6.06. The Labute approximate surface area is 115 Å². The maximum Gasteiger partial charge on any atom is 0.341 e. The summed E-state index contributed by atoms with van der Waals surface area (Å²) in [5.74, 6) is -1.26. The molecule has 102 valence electrons. The molecule has 1 aromatic carbocycles. The molecule has 2 rings (SSSR count). The molecule has 0 spiro atoms. The van der Waals surface area contributed by atoms with Crippen LogP contribution in [0, 0.1) is 0 Å². The minimum Gasteiger partial charge on any atom is -0.480 e. The van der Waals surface area contributed by atoms with Crippen LogP contribution < -0.4 is 10.1 Å². The van der Waals surface area contributed by atoms with E-state index in [9.17, 15) is 9.59 Å². The van der Waals surface area contributed by atoms with E-state index in [2.05, 4.69) is 5.32 Å². The summed E-state index contributed by atoms with van der Waals surface area (Å²) in [6.45, 7) is 0.625. The maximum absolute atomic E-state index is 11.8. The van der Waals surface area contributed by atoms with E-state index < -0.39 is 12.1 Å². The van der Waals surface area contributed by atoms with Crippen molar-refractivity contribution in [2.45, 2.75) is 25.4 Å². The van der Waals surface area contributed by atoms with Crippen LogP contribution in [0.2, 0.25) is 5.02 Å². The number of ether oxygens (including phenoxy) is 1. The van der Waals surface area contributed by atoms with E-state index in [0.717, 1.165) is 12.8 Å². The van der Waals surface area contributed by atoms with Gasteiger partial charge in [0.25, 0.3) is 5.91 Å². The van der Waals surface area contributed by atoms with E-state index in [1.165, 1.54) is 12.1 Å². The first-order chi connectivity index (χ1) is 9.09. The van der Waals surface area contributed by atoms with Crippen molar-refractivity contribution in [1.82, 2.24) is 5.32 Å². The van der Waals surface area contributed by atoms with Crippen LogP contribution in [0.1, 0.15) is 29.6 Å². The zero-order chi connectivity index (χ0) is 13.8. The summed E-state index contributed by atoms with van der Waals surface area (Å²) in [6, 6.07) is 4.58. The van der Waals surface area contributed by atoms with E-state index >= 15 is 0 Å². The number of benzene rings is 1. The molecule has 1 aliphatic heterocycles. The summed E-state index contributed by atoms with van der Waals surface area (Å²) in [4.78, 5) is 22.9. The first kappa shape index (κ1) is 13.7. The quantitative estimate of drug-likeness (QED) is 0.890. The van der Waals surface area contributed by atoms with E-state index in [-0.39, 0.29) is 22.2 Å². The van der Waals surface area contributed by atoms with Gasteiger partial charge in [0, 0.05) is 6.54 Å². The van der Waals surface area contributed by atoms with Gasteiger partial charge in [-0.25, -0.2) is 4.79 Å². The smallest absolute Gasteiger partial charge is 0.341 e. The molecule has 19 heavy (non-hydrogen) atoms. The lowest BCUT2D eigenvalue weighted by Crippen LogP contribution is -2.36. The van der Waals surface area contributed by atoms with Crippen LogP contribution in [0.5, 0.6) is 5.75 Å². The molecule has 1 fully saturated rings. The normalized spacial score (nSPS) is 19.4. The van der Waals surface area contributed by atoms with Crippen LogP contribution >= 0.6 is 11.6 Å². The van der Waals surface area contributed by atoms with Crippen LogP contribution in [0.4, 0.5) is 0 Å². The standard InChI is InChI=1S/C13H14ClNO4/c14-8-4-3-6-9(11(8)13(17)18)19-10-5-1-2-7-15-12(10)16/h3-4,6,10H,1-2,5,7H2,(H,15,16)(H,17,18). The van der Waals surface area contributed by atoms with E-state index in [1.807, 2.05) is 0 Å². The molecular weight excluding hydrogens is 270 g/mol. The van der Waals surface area contributed by atoms with Crippen molar-refractivity contribution < 1.29 is 19.4 Å². The number of hydrogen-bond donors (Lipinski definition) is 2. The van der Waals surface area contributed by atoms with E-state index in [1.54, 1.807) is 6.07 Å². The number of carboxylic acids is 1. The lowest BCUT2D eigenvalue weighted by atomic mass is 10.1. The summed E-state index contributed by atoms with van der Waals surface area (Å²) < 4.78 is 5.54. The van der Waals surface area contributed by atoms with Crippen molar-refractivity contribution >= 4 is 23.5 Å². The summed E-state index contributed by atoms with van der Waals surface area (Å²) in [5, 5.41) is 12.0. The summed E-state index contributed by atoms with van der Waals surface area (Å²) >= 11 is 5.85. The summed E-state index contributed by atoms with van der Waals surface area (Å²) in [6.07, 6.45) is 1.65. The molecule has 1 atom stereocenters. The van der Waals surface area contributed by atoms with Gasteiger partial charge in [0.2, 0.25) is 0 Å². The number of nitrogens with one attached hydrogen (secondary N) is 1. The number of rotatable bonds is 3. The average Bonchev–Trinajstić information content (AvgIpc) is 2.54. The van der Waals surface area contributed by atoms with Crippen molar-refractivity contribution in [1.29, 1.82) is 0 Å². The van der Waals surface area contributed by atoms with Gasteiger partial charge in [0.15, 0.2) is 6.10 Å². The Bertz CT molecular complexity index is 503. The molecular formula is C13H14ClNO4. The predicted molar refractivity (Wildman–Crippen MR) is 69.7 cm³/mol. The van der Waals surface area contributed by atoms with Gasteiger partial charge >= 0.3 is 5.97 Å². The Kier molecular flexibility index (Phi) is 4.27. The number of hydrogen-bond acceptors (Lipinski definition) is 3. The van der Waals surface area contributed by atoms with Gasteiger partial charge in [-0.2, -0.15) is 0 Å². The second-order valence-corrected chi connectivity index (χ2v) is 4.72. The van der Waals surface area contributed by atoms with Crippen molar-refractivity contribution in [3.63, 3.8) is 0 Å². The van der Waals surface area contributed by atoms with Gasteiger partial charge in [0.1, 0.15) is 11.3 Å². The molecule has 1 unspecified atom stereocenters. The molecule has 0 saturated carbocycles. The predicted octanol–water partition coefficient (Wildman–Crippen LogP) is 2.09. The van der Waals surface area contributed by atoms with Gasteiger partial charge < -0.3 is 15.2 Å². The van der Waals surface area contributed by atoms with Crippen molar-refractivity contribution in [3.8, 4) is 5.75 Å². The lowest BCUT2D eigenvalue weighted by molar-refractivity contribution is -0.127. The molecule has 1 saturated heterocycles. The number of amides is 1. The first-order valence-corrected chi connectivity index (χ1v) is 6.43. The number of aromatic carboxylic acids is 1. The minimum absolute atomic E-state index is 0.0963. The van der Waals surface area contributed by atoms with Crippen molar-refractivity contribution in [2.24, 2.45) is 0 Å². The van der Waals surface area contributed by atoms with Crippen molar-refractivity contribution in [2.75, 3.05) is 6.54 Å². The minimum atomic E-state index is -1.17. The number of halogens is 1. The SMILES string of the molecule is O=C(O)c1c(Cl)cccc1OC1CCCCNC1=O. The lowest BCUT2D eigenvalue weighted by Gasteiger charge is -2.17. The van der Waals surface area contributed by atoms with E-state index in [0.29, 0.717) is 13.0 Å². The van der Waals surface area contributed by atoms with Gasteiger partial charge in [0.05, 0.1) is 5.02 Å². The number of carbonyl (C=O) groups is 2. The highest BCUT2D eigenvalue weighted by Gasteiger charge is 2.25. The Morgan fingerprint density at radius 3 is 2.95 bits per heavy atom. The largest absolute Gasteiger partial charge is 0.480 e. The molecule has 0 aromatic heterocycles. The van der Waals surface area contributed by atoms with Crippen molar-refractivity contribution in [3.05, 3.63) is 28.8 Å². The fourth-order valence-electron chi connectivity index (χ4n) is 1.99. The van der Waals surface area contributed by atoms with E-state index in [4.69, 9.17) is 21.4 Å². The zero-order valence-corrected chi connectivity index (χ0v) is 10.9. The molecule has 0 radical (unpaired) electrons. The van der Waals surface area contributed by atoms with Gasteiger partial charge in [-0.05, 0) is 31.4 Å². The molecule has 0 bridgehead atoms. The monoisotopic (exact) mass is 283 g/mol. The second kappa shape index (κ2) is 5.93. The molecule has 2 N–H and O–H groups in total. The number of carbonyl (C=O) groups excluding carboxylic acids is 1. The maximum atomic E-state index is 11.8. The Morgan fingerprint density at radius 2 is 2.21 bits per heavy atom. The zero-order valence-electron chi connectivity index (χ0n) is 10.2. The third kappa shape index (κ3) is 3.17. The Hall–Kier alpha value is -1.75. The van der Waals surface area contributed by atoms with Gasteiger partial charge in [-0.1, -0.05) is 17.7 Å². The Morgan fingerprint density at radius 1 is 1.42 bits per heavy atom. The third-order valence-electron chi connectivity index (χ3n) is 2.94. The fourth-order valence-corrected chi connectivity index (χ4v) is 2.23. The van der Waals surface area contributed by atoms with Gasteiger partial charge in [-0.3, -0.25) is 4.79 Å². The molecule has 1 heterocycles. The average molecular weight is 284 g/mol. The summed E-state index contributed by atoms with van der Waals surface area (Å²) in [5.41, 5.74) is -0.110. The number of carboxylic acid groups (broad SMARTS) is 1. The molecule has 5 nitrogen and oxygen atoms in total.